The second-order valence-corrected chi connectivity index (χ2v) is 9.17. The lowest BCUT2D eigenvalue weighted by Crippen LogP contribution is -2.49. The smallest absolute Gasteiger partial charge is 0.407 e. The van der Waals surface area contributed by atoms with E-state index in [0.717, 1.165) is 35.3 Å². The Morgan fingerprint density at radius 2 is 2.27 bits per heavy atom. The number of carbonyl (C=O) groups excluding carboxylic acids is 2. The van der Waals surface area contributed by atoms with Crippen molar-refractivity contribution in [3.63, 3.8) is 0 Å². The predicted molar refractivity (Wildman–Crippen MR) is 116 cm³/mol. The van der Waals surface area contributed by atoms with Crippen LogP contribution in [0.3, 0.4) is 0 Å². The number of nitrogens with one attached hydrogen (secondary N) is 2. The van der Waals surface area contributed by atoms with Crippen LogP contribution in [-0.4, -0.2) is 37.9 Å². The molecule has 7 nitrogen and oxygen atoms in total. The third-order valence-electron chi connectivity index (χ3n) is 5.10. The van der Waals surface area contributed by atoms with E-state index in [-0.39, 0.29) is 17.9 Å². The molecule has 3 heterocycles. The van der Waals surface area contributed by atoms with Crippen molar-refractivity contribution in [3.8, 4) is 6.07 Å². The first kappa shape index (κ1) is 20.6. The minimum Gasteiger partial charge on any atom is -0.449 e. The Labute approximate surface area is 182 Å². The normalized spacial score (nSPS) is 18.3. The van der Waals surface area contributed by atoms with E-state index in [2.05, 4.69) is 16.7 Å². The summed E-state index contributed by atoms with van der Waals surface area (Å²) < 4.78 is 10.4. The molecule has 1 unspecified atom stereocenters. The van der Waals surface area contributed by atoms with Crippen LogP contribution >= 0.6 is 22.7 Å². The summed E-state index contributed by atoms with van der Waals surface area (Å²) in [4.78, 5) is 25.2. The molecule has 0 bridgehead atoms. The number of alkyl carbamates (subject to hydrolysis) is 1. The third-order valence-corrected chi connectivity index (χ3v) is 6.97. The van der Waals surface area contributed by atoms with Gasteiger partial charge in [-0.3, -0.25) is 4.79 Å². The summed E-state index contributed by atoms with van der Waals surface area (Å²) in [6.07, 6.45) is 5.12. The van der Waals surface area contributed by atoms with Crippen molar-refractivity contribution < 1.29 is 19.1 Å². The number of rotatable bonds is 6. The lowest BCUT2D eigenvalue weighted by Gasteiger charge is -2.27. The highest BCUT2D eigenvalue weighted by Crippen LogP contribution is 2.39. The van der Waals surface area contributed by atoms with E-state index in [4.69, 9.17) is 9.47 Å². The summed E-state index contributed by atoms with van der Waals surface area (Å²) in [7, 11) is 0. The number of thiophene rings is 2. The van der Waals surface area contributed by atoms with Gasteiger partial charge in [0.05, 0.1) is 31.4 Å². The van der Waals surface area contributed by atoms with Crippen LogP contribution < -0.4 is 10.6 Å². The first-order valence-electron chi connectivity index (χ1n) is 9.69. The number of ether oxygens (including phenoxy) is 2. The van der Waals surface area contributed by atoms with Gasteiger partial charge in [0.25, 0.3) is 0 Å². The standard InChI is InChI=1S/C21H21N3O4S2/c22-8-17-16-3-1-14(9-28-21(26)23-15-10-27-11-15)7-18(16)30-20(17)24-19(25)4-2-13-5-6-29-12-13/h2,4-6,12,14-15H,1,3,7,9-11H2,(H,23,26)(H,24,25)/b4-2+. The molecule has 1 aliphatic carbocycles. The Kier molecular flexibility index (Phi) is 6.47. The average molecular weight is 444 g/mol. The van der Waals surface area contributed by atoms with Gasteiger partial charge in [-0.15, -0.1) is 11.3 Å². The molecule has 2 amide bonds. The number of hydrogen-bond donors (Lipinski definition) is 2. The highest BCUT2D eigenvalue weighted by Gasteiger charge is 2.28. The lowest BCUT2D eigenvalue weighted by atomic mass is 9.88. The van der Waals surface area contributed by atoms with E-state index >= 15 is 0 Å². The van der Waals surface area contributed by atoms with Crippen LogP contribution in [-0.2, 0) is 27.1 Å². The zero-order valence-electron chi connectivity index (χ0n) is 16.2. The molecule has 9 heteroatoms. The average Bonchev–Trinajstić information content (AvgIpc) is 3.34. The van der Waals surface area contributed by atoms with E-state index in [9.17, 15) is 14.9 Å². The number of nitrogens with zero attached hydrogens (tertiary/aromatic N) is 1. The van der Waals surface area contributed by atoms with Crippen molar-refractivity contribution in [2.45, 2.75) is 25.3 Å². The van der Waals surface area contributed by atoms with Crippen LogP contribution in [0.15, 0.2) is 22.9 Å². The zero-order valence-corrected chi connectivity index (χ0v) is 17.8. The van der Waals surface area contributed by atoms with E-state index < -0.39 is 6.09 Å². The van der Waals surface area contributed by atoms with Crippen LogP contribution in [0.5, 0.6) is 0 Å². The Morgan fingerprint density at radius 1 is 1.40 bits per heavy atom. The highest BCUT2D eigenvalue weighted by atomic mass is 32.1. The first-order chi connectivity index (χ1) is 14.6. The van der Waals surface area contributed by atoms with Gasteiger partial charge in [-0.1, -0.05) is 0 Å². The van der Waals surface area contributed by atoms with Gasteiger partial charge in [0.15, 0.2) is 0 Å². The van der Waals surface area contributed by atoms with Crippen LogP contribution in [0.1, 0.15) is 28.0 Å². The summed E-state index contributed by atoms with van der Waals surface area (Å²) >= 11 is 3.01. The molecule has 156 valence electrons. The van der Waals surface area contributed by atoms with Crippen molar-refractivity contribution in [2.24, 2.45) is 5.92 Å². The molecule has 2 aliphatic rings. The molecule has 2 aromatic rings. The van der Waals surface area contributed by atoms with Gasteiger partial charge in [0.2, 0.25) is 5.91 Å². The van der Waals surface area contributed by atoms with Crippen LogP contribution in [0.4, 0.5) is 9.80 Å². The monoisotopic (exact) mass is 443 g/mol. The predicted octanol–water partition coefficient (Wildman–Crippen LogP) is 3.56. The van der Waals surface area contributed by atoms with Crippen LogP contribution in [0, 0.1) is 17.2 Å². The molecule has 0 spiro atoms. The van der Waals surface area contributed by atoms with Gasteiger partial charge < -0.3 is 20.1 Å². The summed E-state index contributed by atoms with van der Waals surface area (Å²) in [5, 5.41) is 19.7. The lowest BCUT2D eigenvalue weighted by molar-refractivity contribution is -0.111. The molecular formula is C21H21N3O4S2. The molecule has 1 saturated heterocycles. The second-order valence-electron chi connectivity index (χ2n) is 7.28. The van der Waals surface area contributed by atoms with Gasteiger partial charge in [-0.25, -0.2) is 4.79 Å². The number of hydrogen-bond acceptors (Lipinski definition) is 7. The Bertz CT molecular complexity index is 987. The van der Waals surface area contributed by atoms with E-state index in [1.54, 1.807) is 17.4 Å². The number of nitriles is 1. The molecule has 2 aromatic heterocycles. The van der Waals surface area contributed by atoms with Crippen LogP contribution in [0.2, 0.25) is 0 Å². The largest absolute Gasteiger partial charge is 0.449 e. The van der Waals surface area contributed by atoms with E-state index in [1.807, 2.05) is 16.8 Å². The molecule has 0 radical (unpaired) electrons. The molecule has 1 fully saturated rings. The number of fused-ring (bicyclic) bond motifs is 1. The van der Waals surface area contributed by atoms with Crippen LogP contribution in [0.25, 0.3) is 6.08 Å². The van der Waals surface area contributed by atoms with E-state index in [1.165, 1.54) is 17.4 Å². The topological polar surface area (TPSA) is 100 Å². The van der Waals surface area contributed by atoms with Crippen molar-refractivity contribution in [1.82, 2.24) is 5.32 Å². The molecule has 4 rings (SSSR count). The first-order valence-corrected chi connectivity index (χ1v) is 11.4. The Hall–Kier alpha value is -2.67. The molecule has 2 N–H and O–H groups in total. The minimum atomic E-state index is -0.414. The van der Waals surface area contributed by atoms with Gasteiger partial charge >= 0.3 is 6.09 Å². The van der Waals surface area contributed by atoms with Crippen molar-refractivity contribution in [2.75, 3.05) is 25.1 Å². The summed E-state index contributed by atoms with van der Waals surface area (Å²) in [5.74, 6) is -0.0547. The van der Waals surface area contributed by atoms with Gasteiger partial charge in [0.1, 0.15) is 11.1 Å². The third kappa shape index (κ3) is 4.90. The molecule has 0 aromatic carbocycles. The quantitative estimate of drug-likeness (QED) is 0.665. The Balaban J connectivity index is 1.35. The molecule has 0 saturated carbocycles. The van der Waals surface area contributed by atoms with Crippen molar-refractivity contribution >= 4 is 45.8 Å². The molecular weight excluding hydrogens is 422 g/mol. The number of carbonyl (C=O) groups is 2. The fraction of sp³-hybridized carbons (Fsp3) is 0.381. The fourth-order valence-corrected chi connectivity index (χ4v) is 5.36. The summed E-state index contributed by atoms with van der Waals surface area (Å²) in [6.45, 7) is 1.40. The maximum Gasteiger partial charge on any atom is 0.407 e. The van der Waals surface area contributed by atoms with Crippen molar-refractivity contribution in [1.29, 1.82) is 5.26 Å². The molecule has 30 heavy (non-hydrogen) atoms. The fourth-order valence-electron chi connectivity index (χ4n) is 3.42. The van der Waals surface area contributed by atoms with E-state index in [0.29, 0.717) is 30.4 Å². The van der Waals surface area contributed by atoms with Gasteiger partial charge in [0, 0.05) is 11.0 Å². The second kappa shape index (κ2) is 9.43. The number of anilines is 1. The maximum atomic E-state index is 12.3. The highest BCUT2D eigenvalue weighted by molar-refractivity contribution is 7.16. The number of amides is 2. The molecule has 1 atom stereocenters. The SMILES string of the molecule is N#Cc1c(NC(=O)/C=C/c2ccsc2)sc2c1CCC(COC(=O)NC1COC1)C2. The zero-order chi connectivity index (χ0) is 20.9. The maximum absolute atomic E-state index is 12.3. The van der Waals surface area contributed by atoms with Gasteiger partial charge in [-0.2, -0.15) is 16.6 Å². The minimum absolute atomic E-state index is 0.0471. The van der Waals surface area contributed by atoms with Crippen molar-refractivity contribution in [3.05, 3.63) is 44.5 Å². The molecule has 1 aliphatic heterocycles. The van der Waals surface area contributed by atoms with Gasteiger partial charge in [-0.05, 0) is 59.2 Å². The Morgan fingerprint density at radius 3 is 2.97 bits per heavy atom. The summed E-state index contributed by atoms with van der Waals surface area (Å²) in [6, 6.07) is 4.22. The summed E-state index contributed by atoms with van der Waals surface area (Å²) in [5.41, 5.74) is 2.53.